The molecule has 1 aromatic carbocycles. The van der Waals surface area contributed by atoms with Gasteiger partial charge in [0.25, 0.3) is 0 Å². The molecular formula is C12H8O. The lowest BCUT2D eigenvalue weighted by atomic mass is 9.93. The molecule has 0 aliphatic heterocycles. The Labute approximate surface area is 77.1 Å². The average molecular weight is 168 g/mol. The Balaban J connectivity index is 2.72. The van der Waals surface area contributed by atoms with Gasteiger partial charge in [0.05, 0.1) is 0 Å². The molecule has 0 aromatic heterocycles. The maximum atomic E-state index is 11.3. The van der Waals surface area contributed by atoms with Crippen LogP contribution in [-0.4, -0.2) is 5.78 Å². The van der Waals surface area contributed by atoms with E-state index in [-0.39, 0.29) is 5.78 Å². The lowest BCUT2D eigenvalue weighted by Gasteiger charge is -2.08. The second kappa shape index (κ2) is 2.91. The van der Waals surface area contributed by atoms with E-state index in [4.69, 9.17) is 0 Å². The van der Waals surface area contributed by atoms with Crippen LogP contribution in [0.1, 0.15) is 22.8 Å². The number of hydrogen-bond acceptors (Lipinski definition) is 1. The molecule has 0 saturated heterocycles. The first-order valence-corrected chi connectivity index (χ1v) is 4.15. The summed E-state index contributed by atoms with van der Waals surface area (Å²) in [6, 6.07) is 7.52. The molecule has 0 atom stereocenters. The standard InChI is InChI=1S/C12H8O/c1-2-9-7-8-12(13)11-6-4-3-5-10(9)11/h2-6H,1H3. The highest BCUT2D eigenvalue weighted by Gasteiger charge is 2.14. The number of rotatable bonds is 0. The smallest absolute Gasteiger partial charge is 0.236 e. The highest BCUT2D eigenvalue weighted by Crippen LogP contribution is 2.21. The van der Waals surface area contributed by atoms with Gasteiger partial charge >= 0.3 is 0 Å². The van der Waals surface area contributed by atoms with Gasteiger partial charge in [-0.15, -0.1) is 0 Å². The van der Waals surface area contributed by atoms with Gasteiger partial charge in [0.2, 0.25) is 5.78 Å². The average Bonchev–Trinajstić information content (AvgIpc) is 2.19. The molecule has 0 N–H and O–H groups in total. The van der Waals surface area contributed by atoms with Crippen molar-refractivity contribution in [3.8, 4) is 11.8 Å². The molecule has 1 nitrogen and oxygen atoms in total. The molecule has 0 heterocycles. The third-order valence-corrected chi connectivity index (χ3v) is 2.06. The van der Waals surface area contributed by atoms with Crippen molar-refractivity contribution in [2.75, 3.05) is 0 Å². The molecule has 1 aliphatic rings. The van der Waals surface area contributed by atoms with E-state index >= 15 is 0 Å². The normalized spacial score (nSPS) is 16.4. The largest absolute Gasteiger partial charge is 0.279 e. The fourth-order valence-corrected chi connectivity index (χ4v) is 1.40. The first kappa shape index (κ1) is 7.82. The molecule has 0 fully saturated rings. The van der Waals surface area contributed by atoms with Crippen molar-refractivity contribution in [2.24, 2.45) is 0 Å². The van der Waals surface area contributed by atoms with Crippen LogP contribution in [-0.2, 0) is 0 Å². The number of ketones is 1. The van der Waals surface area contributed by atoms with Crippen LogP contribution in [0, 0.1) is 11.8 Å². The summed E-state index contributed by atoms with van der Waals surface area (Å²) in [5.74, 6) is 5.34. The summed E-state index contributed by atoms with van der Waals surface area (Å²) in [7, 11) is 0. The van der Waals surface area contributed by atoms with Crippen molar-refractivity contribution in [1.82, 2.24) is 0 Å². The Morgan fingerprint density at radius 2 is 1.85 bits per heavy atom. The maximum absolute atomic E-state index is 11.3. The number of carbonyl (C=O) groups is 1. The third-order valence-electron chi connectivity index (χ3n) is 2.06. The first-order chi connectivity index (χ1) is 6.33. The van der Waals surface area contributed by atoms with Crippen molar-refractivity contribution >= 4 is 11.4 Å². The van der Waals surface area contributed by atoms with Crippen molar-refractivity contribution in [2.45, 2.75) is 6.92 Å². The molecule has 0 unspecified atom stereocenters. The summed E-state index contributed by atoms with van der Waals surface area (Å²) in [5.41, 5.74) is 2.61. The molecule has 0 bridgehead atoms. The zero-order valence-electron chi connectivity index (χ0n) is 7.29. The SMILES string of the molecule is CC=C1C#CC(=O)c2ccccc21. The Morgan fingerprint density at radius 3 is 2.54 bits per heavy atom. The Kier molecular flexibility index (Phi) is 1.75. The summed E-state index contributed by atoms with van der Waals surface area (Å²) < 4.78 is 0. The Hall–Kier alpha value is -1.81. The van der Waals surface area contributed by atoms with E-state index in [1.54, 1.807) is 0 Å². The predicted octanol–water partition coefficient (Wildman–Crippen LogP) is 2.29. The zero-order chi connectivity index (χ0) is 9.26. The monoisotopic (exact) mass is 168 g/mol. The predicted molar refractivity (Wildman–Crippen MR) is 52.2 cm³/mol. The van der Waals surface area contributed by atoms with Crippen LogP contribution in [0.15, 0.2) is 30.3 Å². The fourth-order valence-electron chi connectivity index (χ4n) is 1.40. The number of allylic oxidation sites excluding steroid dienone is 2. The van der Waals surface area contributed by atoms with Crippen molar-refractivity contribution in [3.05, 3.63) is 41.5 Å². The maximum Gasteiger partial charge on any atom is 0.236 e. The number of benzene rings is 1. The van der Waals surface area contributed by atoms with Gasteiger partial charge in [-0.05, 0) is 18.9 Å². The van der Waals surface area contributed by atoms with Crippen molar-refractivity contribution in [1.29, 1.82) is 0 Å². The minimum atomic E-state index is -0.0822. The molecular weight excluding hydrogens is 160 g/mol. The minimum Gasteiger partial charge on any atom is -0.279 e. The minimum absolute atomic E-state index is 0.0822. The van der Waals surface area contributed by atoms with Gasteiger partial charge in [0, 0.05) is 16.7 Å². The molecule has 0 amide bonds. The van der Waals surface area contributed by atoms with Crippen LogP contribution in [0.3, 0.4) is 0 Å². The van der Waals surface area contributed by atoms with Crippen LogP contribution >= 0.6 is 0 Å². The van der Waals surface area contributed by atoms with Crippen LogP contribution in [0.4, 0.5) is 0 Å². The zero-order valence-corrected chi connectivity index (χ0v) is 7.29. The third kappa shape index (κ3) is 1.17. The second-order valence-electron chi connectivity index (χ2n) is 2.83. The van der Waals surface area contributed by atoms with Crippen LogP contribution in [0.25, 0.3) is 5.57 Å². The van der Waals surface area contributed by atoms with E-state index in [2.05, 4.69) is 11.8 Å². The van der Waals surface area contributed by atoms with Gasteiger partial charge in [-0.1, -0.05) is 30.2 Å². The molecule has 1 aromatic rings. The Bertz CT molecular complexity index is 456. The first-order valence-electron chi connectivity index (χ1n) is 4.15. The van der Waals surface area contributed by atoms with E-state index in [1.807, 2.05) is 37.3 Å². The molecule has 1 aliphatic carbocycles. The number of fused-ring (bicyclic) bond motifs is 1. The van der Waals surface area contributed by atoms with Crippen molar-refractivity contribution in [3.63, 3.8) is 0 Å². The summed E-state index contributed by atoms with van der Waals surface area (Å²) in [4.78, 5) is 11.3. The fraction of sp³-hybridized carbons (Fsp3) is 0.0833. The topological polar surface area (TPSA) is 17.1 Å². The van der Waals surface area contributed by atoms with Gasteiger partial charge in [-0.2, -0.15) is 0 Å². The summed E-state index contributed by atoms with van der Waals surface area (Å²) in [5, 5.41) is 0. The van der Waals surface area contributed by atoms with Crippen molar-refractivity contribution < 1.29 is 4.79 Å². The summed E-state index contributed by atoms with van der Waals surface area (Å²) >= 11 is 0. The number of carbonyl (C=O) groups excluding carboxylic acids is 1. The van der Waals surface area contributed by atoms with Gasteiger partial charge in [-0.25, -0.2) is 0 Å². The van der Waals surface area contributed by atoms with E-state index in [1.165, 1.54) is 0 Å². The van der Waals surface area contributed by atoms with E-state index in [9.17, 15) is 4.79 Å². The van der Waals surface area contributed by atoms with Gasteiger partial charge in [0.15, 0.2) is 0 Å². The number of Topliss-reactive ketones (excluding diaryl/α,β-unsaturated/α-hetero) is 1. The molecule has 1 heteroatoms. The Morgan fingerprint density at radius 1 is 1.15 bits per heavy atom. The second-order valence-corrected chi connectivity index (χ2v) is 2.83. The quantitative estimate of drug-likeness (QED) is 0.429. The lowest BCUT2D eigenvalue weighted by molar-refractivity contribution is 0.105. The highest BCUT2D eigenvalue weighted by atomic mass is 16.1. The van der Waals surface area contributed by atoms with Crippen LogP contribution in [0.5, 0.6) is 0 Å². The van der Waals surface area contributed by atoms with Crippen LogP contribution in [0.2, 0.25) is 0 Å². The lowest BCUT2D eigenvalue weighted by Crippen LogP contribution is -2.04. The van der Waals surface area contributed by atoms with E-state index in [0.29, 0.717) is 5.56 Å². The van der Waals surface area contributed by atoms with Gasteiger partial charge < -0.3 is 0 Å². The summed E-state index contributed by atoms with van der Waals surface area (Å²) in [6.45, 7) is 1.93. The molecule has 2 rings (SSSR count). The van der Waals surface area contributed by atoms with E-state index < -0.39 is 0 Å². The highest BCUT2D eigenvalue weighted by molar-refractivity contribution is 6.16. The molecule has 62 valence electrons. The van der Waals surface area contributed by atoms with Crippen LogP contribution < -0.4 is 0 Å². The summed E-state index contributed by atoms with van der Waals surface area (Å²) in [6.07, 6.45) is 1.93. The number of hydrogen-bond donors (Lipinski definition) is 0. The molecule has 0 radical (unpaired) electrons. The van der Waals surface area contributed by atoms with Gasteiger partial charge in [-0.3, -0.25) is 4.79 Å². The molecule has 0 saturated carbocycles. The van der Waals surface area contributed by atoms with Gasteiger partial charge in [0.1, 0.15) is 0 Å². The van der Waals surface area contributed by atoms with E-state index in [0.717, 1.165) is 11.1 Å². The molecule has 13 heavy (non-hydrogen) atoms. The molecule has 0 spiro atoms.